The predicted molar refractivity (Wildman–Crippen MR) is 133 cm³/mol. The fourth-order valence-corrected chi connectivity index (χ4v) is 4.17. The maximum Gasteiger partial charge on any atom is 0.423 e. The molecule has 0 spiro atoms. The summed E-state index contributed by atoms with van der Waals surface area (Å²) in [5.74, 6) is -1.33. The van der Waals surface area contributed by atoms with Gasteiger partial charge in [0.1, 0.15) is 11.4 Å². The number of fused-ring (bicyclic) bond motifs is 1. The van der Waals surface area contributed by atoms with Crippen molar-refractivity contribution in [1.82, 2.24) is 24.7 Å². The second kappa shape index (κ2) is 12.4. The molecule has 3 aromatic heterocycles. The topological polar surface area (TPSA) is 115 Å². The third-order valence-electron chi connectivity index (χ3n) is 6.16. The Labute approximate surface area is 234 Å². The molecule has 2 N–H and O–H groups in total. The highest BCUT2D eigenvalue weighted by molar-refractivity contribution is 5.86. The van der Waals surface area contributed by atoms with Gasteiger partial charge in [0.25, 0.3) is 11.1 Å². The lowest BCUT2D eigenvalue weighted by Gasteiger charge is -2.22. The van der Waals surface area contributed by atoms with Gasteiger partial charge in [-0.2, -0.15) is 40.2 Å². The van der Waals surface area contributed by atoms with E-state index >= 15 is 0 Å². The first-order chi connectivity index (χ1) is 20.1. The highest BCUT2D eigenvalue weighted by atomic mass is 19.4. The highest BCUT2D eigenvalue weighted by Crippen LogP contribution is 2.32. The van der Waals surface area contributed by atoms with E-state index in [1.165, 1.54) is 18.3 Å². The van der Waals surface area contributed by atoms with E-state index in [4.69, 9.17) is 0 Å². The number of benzene rings is 1. The number of H-pyrrole nitrogens is 1. The Bertz CT molecular complexity index is 1700. The summed E-state index contributed by atoms with van der Waals surface area (Å²) < 4.78 is 124. The molecular formula is C25H19F9N6O3. The first-order valence-corrected chi connectivity index (χ1v) is 12.2. The van der Waals surface area contributed by atoms with Crippen LogP contribution in [0.25, 0.3) is 22.2 Å². The lowest BCUT2D eigenvalue weighted by atomic mass is 10.1. The number of alkyl halides is 8. The summed E-state index contributed by atoms with van der Waals surface area (Å²) in [5, 5.41) is 7.42. The van der Waals surface area contributed by atoms with Crippen LogP contribution < -0.4 is 16.4 Å². The fraction of sp³-hybridized carbons (Fsp3) is 0.320. The fourth-order valence-electron chi connectivity index (χ4n) is 4.17. The number of nitrogens with one attached hydrogen (secondary N) is 2. The number of rotatable bonds is 10. The summed E-state index contributed by atoms with van der Waals surface area (Å²) in [6, 6.07) is 2.30. The Balaban J connectivity index is 1.52. The number of aromatic nitrogens is 5. The van der Waals surface area contributed by atoms with Gasteiger partial charge in [-0.1, -0.05) is 0 Å². The molecule has 0 amide bonds. The van der Waals surface area contributed by atoms with E-state index in [-0.39, 0.29) is 41.5 Å². The summed E-state index contributed by atoms with van der Waals surface area (Å²) in [4.78, 5) is 31.8. The molecule has 0 fully saturated rings. The Morgan fingerprint density at radius 1 is 1.00 bits per heavy atom. The number of aromatic amines is 1. The van der Waals surface area contributed by atoms with E-state index in [0.29, 0.717) is 18.6 Å². The van der Waals surface area contributed by atoms with E-state index in [2.05, 4.69) is 25.1 Å². The van der Waals surface area contributed by atoms with Crippen LogP contribution >= 0.6 is 0 Å². The molecule has 1 atom stereocenters. The Kier molecular flexibility index (Phi) is 9.07. The van der Waals surface area contributed by atoms with Crippen LogP contribution in [0, 0.1) is 5.82 Å². The second-order valence-electron chi connectivity index (χ2n) is 9.09. The van der Waals surface area contributed by atoms with Crippen LogP contribution in [0.5, 0.6) is 0 Å². The van der Waals surface area contributed by atoms with Gasteiger partial charge in [-0.25, -0.2) is 19.5 Å². The summed E-state index contributed by atoms with van der Waals surface area (Å²) in [6.07, 6.45) is -6.87. The molecule has 0 saturated carbocycles. The van der Waals surface area contributed by atoms with E-state index in [0.717, 1.165) is 10.6 Å². The normalized spacial score (nSPS) is 13.1. The molecule has 3 heterocycles. The van der Waals surface area contributed by atoms with Crippen LogP contribution in [0.4, 0.5) is 45.2 Å². The van der Waals surface area contributed by atoms with Crippen molar-refractivity contribution in [3.63, 3.8) is 0 Å². The van der Waals surface area contributed by atoms with Crippen LogP contribution in [0.1, 0.15) is 24.0 Å². The standard InChI is InChI=1S/C25H19F9N6O3/c26-17-7-15-12(6-16(17)20-35-8-13(9-36-20)24(29,30)31)3-5-40(22(15)42)4-1-2-14(11-43-23(27)28)38-18-10-37-39-21(41)19(18)25(32,33)34/h3,5-10,14,23H,1-2,4,11H2,(H2,38,39,41). The quantitative estimate of drug-likeness (QED) is 0.233. The lowest BCUT2D eigenvalue weighted by molar-refractivity contribution is -0.139. The largest absolute Gasteiger partial charge is 0.423 e. The summed E-state index contributed by atoms with van der Waals surface area (Å²) in [6.45, 7) is -4.07. The van der Waals surface area contributed by atoms with Crippen molar-refractivity contribution in [3.05, 3.63) is 80.6 Å². The van der Waals surface area contributed by atoms with Crippen molar-refractivity contribution < 1.29 is 44.3 Å². The van der Waals surface area contributed by atoms with Gasteiger partial charge < -0.3 is 14.6 Å². The van der Waals surface area contributed by atoms with Crippen molar-refractivity contribution in [2.75, 3.05) is 11.9 Å². The van der Waals surface area contributed by atoms with Gasteiger partial charge in [0, 0.05) is 31.2 Å². The number of nitrogens with zero attached hydrogens (tertiary/aromatic N) is 4. The number of anilines is 1. The highest BCUT2D eigenvalue weighted by Gasteiger charge is 2.38. The van der Waals surface area contributed by atoms with E-state index in [9.17, 15) is 49.1 Å². The van der Waals surface area contributed by atoms with Crippen LogP contribution in [0.2, 0.25) is 0 Å². The summed E-state index contributed by atoms with van der Waals surface area (Å²) in [7, 11) is 0. The van der Waals surface area contributed by atoms with Crippen LogP contribution in [-0.2, 0) is 23.6 Å². The molecule has 0 aliphatic heterocycles. The molecule has 0 aliphatic rings. The second-order valence-corrected chi connectivity index (χ2v) is 9.09. The third kappa shape index (κ3) is 7.49. The molecule has 0 aliphatic carbocycles. The van der Waals surface area contributed by atoms with Gasteiger partial charge in [0.05, 0.1) is 35.0 Å². The number of ether oxygens (including phenoxy) is 1. The molecular weight excluding hydrogens is 603 g/mol. The minimum absolute atomic E-state index is 0.0353. The van der Waals surface area contributed by atoms with Crippen molar-refractivity contribution in [3.8, 4) is 11.4 Å². The molecule has 18 heteroatoms. The Morgan fingerprint density at radius 3 is 2.33 bits per heavy atom. The summed E-state index contributed by atoms with van der Waals surface area (Å²) >= 11 is 0. The van der Waals surface area contributed by atoms with Gasteiger partial charge >= 0.3 is 19.0 Å². The average Bonchev–Trinajstić information content (AvgIpc) is 2.91. The molecule has 4 rings (SSSR count). The van der Waals surface area contributed by atoms with Gasteiger partial charge in [-0.3, -0.25) is 9.59 Å². The van der Waals surface area contributed by atoms with Crippen LogP contribution in [0.3, 0.4) is 0 Å². The predicted octanol–water partition coefficient (Wildman–Crippen LogP) is 5.22. The van der Waals surface area contributed by atoms with Crippen LogP contribution in [-0.4, -0.2) is 44.0 Å². The molecule has 230 valence electrons. The van der Waals surface area contributed by atoms with Gasteiger partial charge in [0.2, 0.25) is 0 Å². The zero-order valence-corrected chi connectivity index (χ0v) is 21.4. The average molecular weight is 622 g/mol. The van der Waals surface area contributed by atoms with Gasteiger partial charge in [-0.15, -0.1) is 0 Å². The first kappa shape index (κ1) is 31.5. The van der Waals surface area contributed by atoms with E-state index < -0.39 is 65.4 Å². The van der Waals surface area contributed by atoms with Crippen LogP contribution in [0.15, 0.2) is 52.6 Å². The molecule has 0 bridgehead atoms. The number of hydrogen-bond donors (Lipinski definition) is 2. The van der Waals surface area contributed by atoms with Gasteiger partial charge in [0.15, 0.2) is 5.82 Å². The van der Waals surface area contributed by atoms with E-state index in [1.54, 1.807) is 5.10 Å². The Hall–Kier alpha value is -4.48. The number of hydrogen-bond acceptors (Lipinski definition) is 7. The number of pyridine rings is 1. The minimum atomic E-state index is -5.08. The SMILES string of the molecule is O=c1[nH]ncc(NC(CCCn2ccc3cc(-c4ncc(C(F)(F)F)cn4)c(F)cc3c2=O)COC(F)F)c1C(F)(F)F. The zero-order valence-electron chi connectivity index (χ0n) is 21.4. The summed E-state index contributed by atoms with van der Waals surface area (Å²) in [5.41, 5.74) is -5.98. The third-order valence-corrected chi connectivity index (χ3v) is 6.16. The monoisotopic (exact) mass is 622 g/mol. The number of aryl methyl sites for hydroxylation is 1. The van der Waals surface area contributed by atoms with Crippen molar-refractivity contribution in [1.29, 1.82) is 0 Å². The van der Waals surface area contributed by atoms with E-state index in [1.807, 2.05) is 0 Å². The zero-order chi connectivity index (χ0) is 31.5. The molecule has 1 unspecified atom stereocenters. The molecule has 9 nitrogen and oxygen atoms in total. The molecule has 43 heavy (non-hydrogen) atoms. The van der Waals surface area contributed by atoms with Crippen molar-refractivity contribution >= 4 is 16.5 Å². The first-order valence-electron chi connectivity index (χ1n) is 12.2. The maximum atomic E-state index is 14.9. The van der Waals surface area contributed by atoms with Gasteiger partial charge in [-0.05, 0) is 36.4 Å². The lowest BCUT2D eigenvalue weighted by Crippen LogP contribution is -2.32. The smallest absolute Gasteiger partial charge is 0.378 e. The number of halogens is 9. The molecule has 4 aromatic rings. The maximum absolute atomic E-state index is 14.9. The minimum Gasteiger partial charge on any atom is -0.378 e. The molecule has 0 saturated heterocycles. The Morgan fingerprint density at radius 2 is 1.70 bits per heavy atom. The van der Waals surface area contributed by atoms with Crippen molar-refractivity contribution in [2.24, 2.45) is 0 Å². The molecule has 0 radical (unpaired) electrons. The van der Waals surface area contributed by atoms with Crippen molar-refractivity contribution in [2.45, 2.75) is 44.4 Å². The molecule has 1 aromatic carbocycles.